The van der Waals surface area contributed by atoms with Crippen LogP contribution in [0.3, 0.4) is 0 Å². The maximum Gasteiger partial charge on any atom is 0.192 e. The monoisotopic (exact) mass is 324 g/mol. The molecule has 2 fully saturated rings. The number of fused-ring (bicyclic) bond motifs is 1. The molecule has 0 amide bonds. The Morgan fingerprint density at radius 3 is 2.36 bits per heavy atom. The number of rotatable bonds is 4. The molecule has 0 aromatic rings. The number of hydrogen-bond donors (Lipinski definition) is 0. The van der Waals surface area contributed by atoms with Crippen LogP contribution >= 0.6 is 0 Å². The van der Waals surface area contributed by atoms with E-state index in [9.17, 15) is 0 Å². The van der Waals surface area contributed by atoms with E-state index in [4.69, 9.17) is 4.43 Å². The van der Waals surface area contributed by atoms with Crippen molar-refractivity contribution in [2.24, 2.45) is 23.2 Å². The summed E-state index contributed by atoms with van der Waals surface area (Å²) in [5, 5.41) is 0.329. The molecule has 0 aromatic heterocycles. The van der Waals surface area contributed by atoms with E-state index in [0.717, 1.165) is 17.8 Å². The molecule has 0 aromatic carbocycles. The lowest BCUT2D eigenvalue weighted by Crippen LogP contribution is -2.50. The van der Waals surface area contributed by atoms with Gasteiger partial charge in [-0.2, -0.15) is 0 Å². The van der Waals surface area contributed by atoms with Crippen molar-refractivity contribution in [3.05, 3.63) is 0 Å². The van der Waals surface area contributed by atoms with E-state index >= 15 is 0 Å². The molecular weight excluding hydrogens is 284 g/mol. The van der Waals surface area contributed by atoms with E-state index in [2.05, 4.69) is 54.6 Å². The highest BCUT2D eigenvalue weighted by Gasteiger charge is 2.54. The predicted molar refractivity (Wildman–Crippen MR) is 99.7 cm³/mol. The fraction of sp³-hybridized carbons (Fsp3) is 1.00. The first-order valence-electron chi connectivity index (χ1n) is 9.70. The first-order valence-corrected chi connectivity index (χ1v) is 12.6. The Kier molecular flexibility index (Phi) is 5.25. The molecule has 2 saturated carbocycles. The van der Waals surface area contributed by atoms with Crippen molar-refractivity contribution < 1.29 is 4.43 Å². The summed E-state index contributed by atoms with van der Waals surface area (Å²) in [7, 11) is -1.64. The quantitative estimate of drug-likeness (QED) is 0.527. The molecular formula is C20H40OSi. The van der Waals surface area contributed by atoms with Gasteiger partial charge in [0.1, 0.15) is 0 Å². The maximum atomic E-state index is 6.92. The zero-order chi connectivity index (χ0) is 16.8. The SMILES string of the molecule is CC[C@H](C)C1CCC2[C@@H](O[Si](C)(C)C(C)(C)C)CCC[C@@]21C. The second-order valence-corrected chi connectivity index (χ2v) is 14.7. The summed E-state index contributed by atoms with van der Waals surface area (Å²) in [4.78, 5) is 0. The summed E-state index contributed by atoms with van der Waals surface area (Å²) in [5.41, 5.74) is 0.542. The smallest absolute Gasteiger partial charge is 0.192 e. The Morgan fingerprint density at radius 2 is 1.82 bits per heavy atom. The summed E-state index contributed by atoms with van der Waals surface area (Å²) in [6.45, 7) is 19.4. The van der Waals surface area contributed by atoms with Gasteiger partial charge in [0.2, 0.25) is 0 Å². The van der Waals surface area contributed by atoms with Crippen LogP contribution in [0.15, 0.2) is 0 Å². The average molecular weight is 325 g/mol. The Bertz CT molecular complexity index is 384. The Morgan fingerprint density at radius 1 is 1.18 bits per heavy atom. The third kappa shape index (κ3) is 3.20. The summed E-state index contributed by atoms with van der Waals surface area (Å²) >= 11 is 0. The van der Waals surface area contributed by atoms with Crippen molar-refractivity contribution in [1.29, 1.82) is 0 Å². The topological polar surface area (TPSA) is 9.23 Å². The van der Waals surface area contributed by atoms with Gasteiger partial charge in [-0.15, -0.1) is 0 Å². The molecule has 0 N–H and O–H groups in total. The maximum absolute atomic E-state index is 6.92. The van der Waals surface area contributed by atoms with E-state index < -0.39 is 8.32 Å². The molecule has 5 atom stereocenters. The Labute approximate surface area is 140 Å². The van der Waals surface area contributed by atoms with Crippen LogP contribution in [0.1, 0.15) is 80.1 Å². The molecule has 2 aliphatic rings. The third-order valence-corrected chi connectivity index (χ3v) is 12.2. The molecule has 130 valence electrons. The minimum atomic E-state index is -1.64. The van der Waals surface area contributed by atoms with Crippen LogP contribution in [0.2, 0.25) is 18.1 Å². The van der Waals surface area contributed by atoms with Crippen molar-refractivity contribution in [3.63, 3.8) is 0 Å². The lowest BCUT2D eigenvalue weighted by atomic mass is 9.61. The van der Waals surface area contributed by atoms with Gasteiger partial charge >= 0.3 is 0 Å². The molecule has 0 radical (unpaired) electrons. The zero-order valence-corrected chi connectivity index (χ0v) is 17.5. The van der Waals surface area contributed by atoms with Crippen molar-refractivity contribution in [3.8, 4) is 0 Å². The fourth-order valence-corrected chi connectivity index (χ4v) is 6.47. The molecule has 0 saturated heterocycles. The molecule has 1 nitrogen and oxygen atoms in total. The highest BCUT2D eigenvalue weighted by atomic mass is 28.4. The Hall–Kier alpha value is 0.177. The second kappa shape index (κ2) is 6.24. The van der Waals surface area contributed by atoms with Crippen molar-refractivity contribution in [1.82, 2.24) is 0 Å². The van der Waals surface area contributed by atoms with Crippen LogP contribution in [0.5, 0.6) is 0 Å². The summed E-state index contributed by atoms with van der Waals surface area (Å²) in [5.74, 6) is 2.62. The van der Waals surface area contributed by atoms with Crippen LogP contribution in [-0.4, -0.2) is 14.4 Å². The highest BCUT2D eigenvalue weighted by Crippen LogP contribution is 2.59. The van der Waals surface area contributed by atoms with Gasteiger partial charge in [-0.25, -0.2) is 0 Å². The minimum Gasteiger partial charge on any atom is -0.414 e. The molecule has 0 aliphatic heterocycles. The van der Waals surface area contributed by atoms with Gasteiger partial charge in [0.05, 0.1) is 0 Å². The van der Waals surface area contributed by atoms with E-state index in [1.54, 1.807) is 0 Å². The molecule has 22 heavy (non-hydrogen) atoms. The van der Waals surface area contributed by atoms with E-state index in [-0.39, 0.29) is 0 Å². The van der Waals surface area contributed by atoms with Crippen LogP contribution in [0, 0.1) is 23.2 Å². The minimum absolute atomic E-state index is 0.329. The summed E-state index contributed by atoms with van der Waals surface area (Å²) in [6, 6.07) is 0. The van der Waals surface area contributed by atoms with E-state index in [0.29, 0.717) is 16.6 Å². The molecule has 2 aliphatic carbocycles. The second-order valence-electron chi connectivity index (χ2n) is 9.99. The largest absolute Gasteiger partial charge is 0.414 e. The van der Waals surface area contributed by atoms with Crippen molar-refractivity contribution in [2.75, 3.05) is 0 Å². The van der Waals surface area contributed by atoms with Gasteiger partial charge in [-0.3, -0.25) is 0 Å². The number of hydrogen-bond acceptors (Lipinski definition) is 1. The molecule has 0 bridgehead atoms. The van der Waals surface area contributed by atoms with E-state index in [1.807, 2.05) is 0 Å². The first kappa shape index (κ1) is 18.5. The van der Waals surface area contributed by atoms with Crippen LogP contribution in [-0.2, 0) is 4.43 Å². The van der Waals surface area contributed by atoms with Crippen LogP contribution in [0.4, 0.5) is 0 Å². The van der Waals surface area contributed by atoms with Gasteiger partial charge in [0.15, 0.2) is 8.32 Å². The fourth-order valence-electron chi connectivity index (χ4n) is 5.08. The zero-order valence-electron chi connectivity index (χ0n) is 16.5. The predicted octanol–water partition coefficient (Wildman–Crippen LogP) is 6.64. The highest BCUT2D eigenvalue weighted by molar-refractivity contribution is 6.74. The van der Waals surface area contributed by atoms with E-state index in [1.165, 1.54) is 38.5 Å². The summed E-state index contributed by atoms with van der Waals surface area (Å²) in [6.07, 6.45) is 8.83. The lowest BCUT2D eigenvalue weighted by Gasteiger charge is -2.49. The first-order chi connectivity index (χ1) is 10.0. The standard InChI is InChI=1S/C20H40OSi/c1-9-15(2)16-12-13-17-18(11-10-14-20(16,17)6)21-22(7,8)19(3,4)5/h15-18H,9-14H2,1-8H3/t15-,16?,17?,18-,20+/m0/s1. The van der Waals surface area contributed by atoms with Crippen LogP contribution in [0.25, 0.3) is 0 Å². The molecule has 0 spiro atoms. The van der Waals surface area contributed by atoms with Gasteiger partial charge in [-0.1, -0.05) is 54.4 Å². The average Bonchev–Trinajstić information content (AvgIpc) is 2.74. The molecule has 2 rings (SSSR count). The molecule has 2 heteroatoms. The van der Waals surface area contributed by atoms with Crippen molar-refractivity contribution in [2.45, 2.75) is 104 Å². The summed E-state index contributed by atoms with van der Waals surface area (Å²) < 4.78 is 6.92. The van der Waals surface area contributed by atoms with Gasteiger partial charge < -0.3 is 4.43 Å². The molecule has 2 unspecified atom stereocenters. The van der Waals surface area contributed by atoms with Gasteiger partial charge in [-0.05, 0) is 67.0 Å². The lowest BCUT2D eigenvalue weighted by molar-refractivity contribution is -0.0206. The third-order valence-electron chi connectivity index (χ3n) is 7.72. The van der Waals surface area contributed by atoms with Crippen molar-refractivity contribution >= 4 is 8.32 Å². The normalized spacial score (nSPS) is 37.9. The van der Waals surface area contributed by atoms with Gasteiger partial charge in [0, 0.05) is 6.10 Å². The molecule has 0 heterocycles. The Balaban J connectivity index is 2.17. The van der Waals surface area contributed by atoms with Crippen LogP contribution < -0.4 is 0 Å². The van der Waals surface area contributed by atoms with Gasteiger partial charge in [0.25, 0.3) is 0 Å².